The van der Waals surface area contributed by atoms with Gasteiger partial charge in [0, 0.05) is 29.8 Å². The second kappa shape index (κ2) is 10.0. The predicted molar refractivity (Wildman–Crippen MR) is 144 cm³/mol. The number of likely N-dealkylation sites (N-methyl/N-ethyl adjacent to an activating group) is 1. The summed E-state index contributed by atoms with van der Waals surface area (Å²) in [7, 11) is 3.76. The number of thioether (sulfide) groups is 1. The minimum absolute atomic E-state index is 0.00603. The summed E-state index contributed by atoms with van der Waals surface area (Å²) in [6.07, 6.45) is 1.01. The summed E-state index contributed by atoms with van der Waals surface area (Å²) in [6.45, 7) is 5.85. The van der Waals surface area contributed by atoms with E-state index in [-0.39, 0.29) is 11.7 Å². The molecule has 0 radical (unpaired) electrons. The average molecular weight is 508 g/mol. The molecular formula is C27H29N3O3S2. The summed E-state index contributed by atoms with van der Waals surface area (Å²) in [5.74, 6) is 2.26. The summed E-state index contributed by atoms with van der Waals surface area (Å²) >= 11 is 3.22. The number of fused-ring (bicyclic) bond motifs is 3. The van der Waals surface area contributed by atoms with E-state index in [1.165, 1.54) is 4.88 Å². The van der Waals surface area contributed by atoms with E-state index in [1.807, 2.05) is 50.2 Å². The molecule has 3 heterocycles. The molecule has 182 valence electrons. The lowest BCUT2D eigenvalue weighted by atomic mass is 10.1. The van der Waals surface area contributed by atoms with E-state index in [9.17, 15) is 4.79 Å². The van der Waals surface area contributed by atoms with Crippen LogP contribution in [0.15, 0.2) is 58.5 Å². The fourth-order valence-electron chi connectivity index (χ4n) is 4.31. The number of hydrogen-bond donors (Lipinski definition) is 0. The number of nitrogens with zero attached hydrogens (tertiary/aromatic N) is 3. The molecule has 0 unspecified atom stereocenters. The molecule has 0 N–H and O–H groups in total. The molecule has 35 heavy (non-hydrogen) atoms. The van der Waals surface area contributed by atoms with Gasteiger partial charge in [0.15, 0.2) is 5.16 Å². The van der Waals surface area contributed by atoms with Crippen LogP contribution in [0.5, 0.6) is 11.5 Å². The Morgan fingerprint density at radius 3 is 2.69 bits per heavy atom. The normalized spacial score (nSPS) is 13.9. The van der Waals surface area contributed by atoms with E-state index in [0.29, 0.717) is 16.7 Å². The van der Waals surface area contributed by atoms with Crippen LogP contribution in [0.25, 0.3) is 15.9 Å². The maximum absolute atomic E-state index is 14.0. The summed E-state index contributed by atoms with van der Waals surface area (Å²) in [5, 5.41) is 1.45. The zero-order valence-electron chi connectivity index (χ0n) is 20.4. The highest BCUT2D eigenvalue weighted by molar-refractivity contribution is 7.98. The third-order valence-corrected chi connectivity index (χ3v) is 8.13. The Balaban J connectivity index is 1.56. The van der Waals surface area contributed by atoms with Crippen LogP contribution in [0.3, 0.4) is 0 Å². The summed E-state index contributed by atoms with van der Waals surface area (Å²) in [5.41, 5.74) is 3.06. The van der Waals surface area contributed by atoms with Crippen molar-refractivity contribution in [3.8, 4) is 17.2 Å². The molecule has 5 rings (SSSR count). The number of rotatable bonds is 7. The molecule has 0 aliphatic carbocycles. The molecule has 0 spiro atoms. The maximum Gasteiger partial charge on any atom is 0.267 e. The van der Waals surface area contributed by atoms with Crippen molar-refractivity contribution in [2.24, 2.45) is 0 Å². The van der Waals surface area contributed by atoms with Crippen molar-refractivity contribution in [3.05, 3.63) is 74.9 Å². The molecule has 4 aromatic rings. The van der Waals surface area contributed by atoms with Crippen molar-refractivity contribution in [2.45, 2.75) is 43.8 Å². The lowest BCUT2D eigenvalue weighted by Gasteiger charge is -2.21. The van der Waals surface area contributed by atoms with Crippen LogP contribution in [0, 0.1) is 0 Å². The maximum atomic E-state index is 14.0. The lowest BCUT2D eigenvalue weighted by Crippen LogP contribution is -2.27. The molecule has 0 saturated heterocycles. The Bertz CT molecular complexity index is 1410. The van der Waals surface area contributed by atoms with Gasteiger partial charge in [-0.3, -0.25) is 9.36 Å². The minimum atomic E-state index is -0.00603. The Hall–Kier alpha value is -2.81. The highest BCUT2D eigenvalue weighted by atomic mass is 32.2. The summed E-state index contributed by atoms with van der Waals surface area (Å²) < 4.78 is 13.0. The van der Waals surface area contributed by atoms with Gasteiger partial charge in [-0.1, -0.05) is 30.0 Å². The highest BCUT2D eigenvalue weighted by Gasteiger charge is 2.24. The largest absolute Gasteiger partial charge is 0.497 e. The topological polar surface area (TPSA) is 56.6 Å². The van der Waals surface area contributed by atoms with Crippen LogP contribution < -0.4 is 15.0 Å². The van der Waals surface area contributed by atoms with Gasteiger partial charge in [-0.05, 0) is 62.7 Å². The van der Waals surface area contributed by atoms with Crippen LogP contribution >= 0.6 is 23.1 Å². The fraction of sp³-hybridized carbons (Fsp3) is 0.333. The number of benzene rings is 2. The van der Waals surface area contributed by atoms with Crippen LogP contribution in [-0.4, -0.2) is 41.3 Å². The van der Waals surface area contributed by atoms with Crippen LogP contribution in [-0.2, 0) is 18.7 Å². The van der Waals surface area contributed by atoms with Gasteiger partial charge < -0.3 is 14.4 Å². The zero-order chi connectivity index (χ0) is 24.5. The van der Waals surface area contributed by atoms with Crippen molar-refractivity contribution in [3.63, 3.8) is 0 Å². The second-order valence-electron chi connectivity index (χ2n) is 9.01. The zero-order valence-corrected chi connectivity index (χ0v) is 22.0. The van der Waals surface area contributed by atoms with Crippen molar-refractivity contribution in [1.29, 1.82) is 0 Å². The Kier molecular flexibility index (Phi) is 6.86. The Labute approximate surface area is 213 Å². The smallest absolute Gasteiger partial charge is 0.267 e. The van der Waals surface area contributed by atoms with Crippen LogP contribution in [0.2, 0.25) is 0 Å². The van der Waals surface area contributed by atoms with Gasteiger partial charge >= 0.3 is 0 Å². The standard InChI is InChI=1S/C27H29N3O3S2/c1-17(2)33-20-10-8-18(9-11-20)16-34-27-28-25-24(22-12-13-29(3)15-23(22)35-25)26(31)30(27)19-6-5-7-21(14-19)32-4/h5-11,14,17H,12-13,15-16H2,1-4H3. The predicted octanol–water partition coefficient (Wildman–Crippen LogP) is 5.52. The molecule has 1 aliphatic heterocycles. The number of methoxy groups -OCH3 is 1. The van der Waals surface area contributed by atoms with Gasteiger partial charge in [0.25, 0.3) is 5.56 Å². The first-order valence-electron chi connectivity index (χ1n) is 11.7. The van der Waals surface area contributed by atoms with E-state index in [4.69, 9.17) is 14.5 Å². The fourth-order valence-corrected chi connectivity index (χ4v) is 6.62. The molecule has 0 fully saturated rings. The molecular weight excluding hydrogens is 478 g/mol. The molecule has 2 aromatic carbocycles. The number of hydrogen-bond acceptors (Lipinski definition) is 7. The second-order valence-corrected chi connectivity index (χ2v) is 11.0. The van der Waals surface area contributed by atoms with Gasteiger partial charge in [0.05, 0.1) is 24.3 Å². The molecule has 0 bridgehead atoms. The van der Waals surface area contributed by atoms with Crippen molar-refractivity contribution in [2.75, 3.05) is 20.7 Å². The van der Waals surface area contributed by atoms with Crippen LogP contribution in [0.4, 0.5) is 0 Å². The van der Waals surface area contributed by atoms with E-state index in [2.05, 4.69) is 24.1 Å². The number of thiophene rings is 1. The quantitative estimate of drug-likeness (QED) is 0.242. The van der Waals surface area contributed by atoms with Gasteiger partial charge in [0.1, 0.15) is 16.3 Å². The van der Waals surface area contributed by atoms with Gasteiger partial charge in [-0.2, -0.15) is 0 Å². The van der Waals surface area contributed by atoms with E-state index in [0.717, 1.165) is 52.3 Å². The first-order chi connectivity index (χ1) is 16.9. The number of ether oxygens (including phenoxy) is 2. The molecule has 1 aliphatic rings. The van der Waals surface area contributed by atoms with E-state index in [1.54, 1.807) is 34.8 Å². The monoisotopic (exact) mass is 507 g/mol. The molecule has 6 nitrogen and oxygen atoms in total. The molecule has 0 atom stereocenters. The van der Waals surface area contributed by atoms with Gasteiger partial charge in [-0.15, -0.1) is 11.3 Å². The minimum Gasteiger partial charge on any atom is -0.497 e. The SMILES string of the molecule is COc1cccc(-n2c(SCc3ccc(OC(C)C)cc3)nc3sc4c(c3c2=O)CCN(C)C4)c1. The third kappa shape index (κ3) is 4.96. The molecule has 2 aromatic heterocycles. The Morgan fingerprint density at radius 2 is 1.94 bits per heavy atom. The molecule has 0 amide bonds. The first-order valence-corrected chi connectivity index (χ1v) is 13.5. The summed E-state index contributed by atoms with van der Waals surface area (Å²) in [4.78, 5) is 23.4. The molecule has 0 saturated carbocycles. The highest BCUT2D eigenvalue weighted by Crippen LogP contribution is 2.35. The van der Waals surface area contributed by atoms with Crippen molar-refractivity contribution in [1.82, 2.24) is 14.5 Å². The number of aromatic nitrogens is 2. The molecule has 8 heteroatoms. The van der Waals surface area contributed by atoms with E-state index < -0.39 is 0 Å². The van der Waals surface area contributed by atoms with E-state index >= 15 is 0 Å². The van der Waals surface area contributed by atoms with Gasteiger partial charge in [0.2, 0.25) is 0 Å². The first kappa shape index (κ1) is 23.9. The van der Waals surface area contributed by atoms with Gasteiger partial charge in [-0.25, -0.2) is 4.98 Å². The average Bonchev–Trinajstić information content (AvgIpc) is 3.21. The third-order valence-electron chi connectivity index (χ3n) is 6.01. The van der Waals surface area contributed by atoms with Crippen molar-refractivity contribution < 1.29 is 9.47 Å². The van der Waals surface area contributed by atoms with Crippen LogP contribution in [0.1, 0.15) is 29.9 Å². The lowest BCUT2D eigenvalue weighted by molar-refractivity contribution is 0.242. The summed E-state index contributed by atoms with van der Waals surface area (Å²) in [6, 6.07) is 15.7. The Morgan fingerprint density at radius 1 is 1.14 bits per heavy atom. The van der Waals surface area contributed by atoms with Crippen molar-refractivity contribution >= 4 is 33.3 Å².